The molecule has 6 aromatic rings. The molecule has 3 aliphatic rings. The smallest absolute Gasteiger partial charge is 0.355 e. The first-order chi connectivity index (χ1) is 41.1. The molecular weight excluding hydrogens is 1150 g/mol. The van der Waals surface area contributed by atoms with Crippen LogP contribution in [0.5, 0.6) is 0 Å². The number of amides is 6. The third-order valence-corrected chi connectivity index (χ3v) is 16.6. The number of urea groups is 2. The number of cyclic esters (lactones) is 1. The molecule has 0 aliphatic carbocycles. The molecule has 0 bridgehead atoms. The highest BCUT2D eigenvalue weighted by atomic mass is 32.2. The van der Waals surface area contributed by atoms with Gasteiger partial charge in [-0.05, 0) is 129 Å². The van der Waals surface area contributed by atoms with Gasteiger partial charge in [-0.25, -0.2) is 32.6 Å². The molecule has 1 saturated heterocycles. The molecule has 26 heteroatoms. The van der Waals surface area contributed by atoms with Gasteiger partial charge in [0.15, 0.2) is 5.11 Å². The van der Waals surface area contributed by atoms with Crippen molar-refractivity contribution in [3.63, 3.8) is 0 Å². The SMILES string of the molecule is CCCNC(=O)Nc1cccc(S(=O)(=O)Nc2cccc(C(CC(=O)[O-])NC(=O)Nc3ccc(NC(=S)N[C@@H](C)C(=O)N4CCC[C@H]4C(=O)N[C@H](C(=O)O[C@]4(CC)C(=O)OCc5c4cc4n(c5=O)Cc5cc6ccccc6nc5-4)C(C)C)cc3)c2)c1. The number of fused-ring (bicyclic) bond motifs is 5. The summed E-state index contributed by atoms with van der Waals surface area (Å²) >= 11 is 5.55. The third-order valence-electron chi connectivity index (χ3n) is 15.0. The number of thiocarbonyl (C=S) groups is 1. The van der Waals surface area contributed by atoms with Crippen LogP contribution in [-0.2, 0) is 62.2 Å². The second kappa shape index (κ2) is 25.8. The topological polar surface area (TPSA) is 330 Å². The van der Waals surface area contributed by atoms with Crippen LogP contribution in [0.4, 0.5) is 32.3 Å². The summed E-state index contributed by atoms with van der Waals surface area (Å²) in [4.78, 5) is 114. The van der Waals surface area contributed by atoms with E-state index in [0.717, 1.165) is 16.5 Å². The summed E-state index contributed by atoms with van der Waals surface area (Å²) in [6, 6.07) is 23.2. The van der Waals surface area contributed by atoms with E-state index in [4.69, 9.17) is 26.7 Å². The highest BCUT2D eigenvalue weighted by Gasteiger charge is 2.52. The minimum absolute atomic E-state index is 0.0495. The van der Waals surface area contributed by atoms with Gasteiger partial charge in [0.05, 0.1) is 40.0 Å². The Morgan fingerprint density at radius 1 is 0.826 bits per heavy atom. The van der Waals surface area contributed by atoms with Gasteiger partial charge in [-0.2, -0.15) is 0 Å². The van der Waals surface area contributed by atoms with E-state index in [1.807, 2.05) is 37.3 Å². The molecule has 5 heterocycles. The summed E-state index contributed by atoms with van der Waals surface area (Å²) in [5.41, 5.74) is 1.80. The van der Waals surface area contributed by atoms with Gasteiger partial charge in [0.1, 0.15) is 24.7 Å². The molecule has 2 aromatic heterocycles. The number of carboxylic acids is 1. The lowest BCUT2D eigenvalue weighted by Gasteiger charge is -2.37. The minimum Gasteiger partial charge on any atom is -0.550 e. The molecule has 5 atom stereocenters. The first kappa shape index (κ1) is 61.1. The fourth-order valence-corrected chi connectivity index (χ4v) is 12.0. The normalized spacial score (nSPS) is 16.9. The van der Waals surface area contributed by atoms with Gasteiger partial charge in [0, 0.05) is 64.7 Å². The molecule has 24 nitrogen and oxygen atoms in total. The van der Waals surface area contributed by atoms with Crippen molar-refractivity contribution >= 4 is 103 Å². The predicted octanol–water partition coefficient (Wildman–Crippen LogP) is 5.47. The van der Waals surface area contributed by atoms with E-state index in [-0.39, 0.29) is 70.6 Å². The van der Waals surface area contributed by atoms with Crippen molar-refractivity contribution in [1.29, 1.82) is 0 Å². The summed E-state index contributed by atoms with van der Waals surface area (Å²) in [5.74, 6) is -4.90. The molecule has 4 aromatic carbocycles. The number of nitrogens with zero attached hydrogens (tertiary/aromatic N) is 3. The van der Waals surface area contributed by atoms with E-state index in [9.17, 15) is 51.9 Å². The largest absolute Gasteiger partial charge is 0.550 e. The van der Waals surface area contributed by atoms with Crippen LogP contribution in [0, 0.1) is 5.92 Å². The summed E-state index contributed by atoms with van der Waals surface area (Å²) in [6.07, 6.45) is 0.725. The van der Waals surface area contributed by atoms with Gasteiger partial charge in [0.2, 0.25) is 17.4 Å². The molecule has 0 saturated carbocycles. The Bertz CT molecular complexity index is 3860. The molecule has 1 fully saturated rings. The molecule has 0 spiro atoms. The first-order valence-corrected chi connectivity index (χ1v) is 29.9. The van der Waals surface area contributed by atoms with Crippen LogP contribution < -0.4 is 52.6 Å². The Kier molecular flexibility index (Phi) is 18.4. The van der Waals surface area contributed by atoms with Gasteiger partial charge in [0.25, 0.3) is 15.6 Å². The molecule has 6 amide bonds. The van der Waals surface area contributed by atoms with Crippen LogP contribution in [0.25, 0.3) is 22.3 Å². The molecular formula is C60H64N11O13S2-. The van der Waals surface area contributed by atoms with E-state index in [2.05, 4.69) is 41.9 Å². The molecule has 0 radical (unpaired) electrons. The Morgan fingerprint density at radius 2 is 1.53 bits per heavy atom. The van der Waals surface area contributed by atoms with E-state index < -0.39 is 99.5 Å². The number of aromatic nitrogens is 2. The second-order valence-electron chi connectivity index (χ2n) is 21.4. The average molecular weight is 1210 g/mol. The Balaban J connectivity index is 0.785. The summed E-state index contributed by atoms with van der Waals surface area (Å²) in [6.45, 7) is 9.09. The van der Waals surface area contributed by atoms with Gasteiger partial charge in [-0.3, -0.25) is 19.1 Å². The van der Waals surface area contributed by atoms with E-state index >= 15 is 0 Å². The second-order valence-corrected chi connectivity index (χ2v) is 23.5. The fraction of sp³-hybridized carbons (Fsp3) is 0.333. The molecule has 86 heavy (non-hydrogen) atoms. The number of aliphatic carboxylic acids is 1. The number of benzene rings is 4. The van der Waals surface area contributed by atoms with Crippen molar-refractivity contribution in [2.45, 2.75) is 115 Å². The number of esters is 2. The monoisotopic (exact) mass is 1210 g/mol. The van der Waals surface area contributed by atoms with Gasteiger partial charge >= 0.3 is 24.0 Å². The maximum Gasteiger partial charge on any atom is 0.355 e. The Hall–Kier alpha value is -9.43. The number of para-hydroxylation sites is 1. The van der Waals surface area contributed by atoms with Crippen LogP contribution in [-0.4, -0.2) is 101 Å². The lowest BCUT2D eigenvalue weighted by Crippen LogP contribution is -2.57. The zero-order chi connectivity index (χ0) is 61.6. The van der Waals surface area contributed by atoms with Crippen molar-refractivity contribution in [2.24, 2.45) is 5.92 Å². The lowest BCUT2D eigenvalue weighted by atomic mass is 9.85. The fourth-order valence-electron chi connectivity index (χ4n) is 10.6. The highest BCUT2D eigenvalue weighted by Crippen LogP contribution is 2.41. The maximum atomic E-state index is 14.4. The van der Waals surface area contributed by atoms with Crippen LogP contribution in [0.1, 0.15) is 95.0 Å². The van der Waals surface area contributed by atoms with E-state index in [0.29, 0.717) is 42.1 Å². The molecule has 1 unspecified atom stereocenters. The van der Waals surface area contributed by atoms with Gasteiger partial charge < -0.3 is 66.1 Å². The van der Waals surface area contributed by atoms with E-state index in [1.165, 1.54) is 65.6 Å². The number of nitrogens with one attached hydrogen (secondary N) is 8. The number of ether oxygens (including phenoxy) is 2. The number of rotatable bonds is 20. The highest BCUT2D eigenvalue weighted by molar-refractivity contribution is 7.92. The molecule has 450 valence electrons. The van der Waals surface area contributed by atoms with Crippen LogP contribution in [0.15, 0.2) is 119 Å². The number of carbonyl (C=O) groups excluding carboxylic acids is 7. The predicted molar refractivity (Wildman–Crippen MR) is 321 cm³/mol. The number of likely N-dealkylation sites (tertiary alicyclic amines) is 1. The number of hydrogen-bond acceptors (Lipinski definition) is 15. The van der Waals surface area contributed by atoms with Crippen LogP contribution in [0.3, 0.4) is 0 Å². The van der Waals surface area contributed by atoms with Crippen molar-refractivity contribution in [2.75, 3.05) is 33.8 Å². The van der Waals surface area contributed by atoms with Crippen LogP contribution >= 0.6 is 12.2 Å². The zero-order valence-corrected chi connectivity index (χ0v) is 49.2. The standard InChI is InChI=1S/C60H65N11O13S2/c1-6-24-61-57(79)64-40-15-11-17-42(28-40)86(81,82)69-41-16-10-14-36(27-41)46(30-49(72)73)67-58(80)63-38-20-22-39(23-21-38)65-59(85)62-34(5)53(75)70-25-12-19-47(70)52(74)68-50(33(3)4)55(77)84-60(7-2)44-29-48-51-37(26-35-13-8-9-18-45(35)66-51)31-71(48)54(76)43(44)32-83-56(60)78/h8-11,13-18,20-23,26-29,33-34,46-47,50,69H,6-7,12,19,24-25,30-32H2,1-5H3,(H,68,74)(H,72,73)(H2,61,64,79)(H2,62,65,85)(H2,63,67,80)/p-1/t34-,46?,47-,50-,60-/m0/s1. The molecule has 9 rings (SSSR count). The van der Waals surface area contributed by atoms with Gasteiger partial charge in [-0.1, -0.05) is 64.1 Å². The van der Waals surface area contributed by atoms with Crippen molar-refractivity contribution in [1.82, 2.24) is 35.7 Å². The van der Waals surface area contributed by atoms with Crippen molar-refractivity contribution in [3.8, 4) is 11.4 Å². The third kappa shape index (κ3) is 13.4. The Morgan fingerprint density at radius 3 is 2.26 bits per heavy atom. The van der Waals surface area contributed by atoms with Gasteiger partial charge in [-0.15, -0.1) is 0 Å². The molecule has 3 aliphatic heterocycles. The Labute approximate surface area is 500 Å². The maximum absolute atomic E-state index is 14.4. The number of carboxylic acid groups (broad SMARTS) is 1. The number of carbonyl (C=O) groups is 7. The zero-order valence-electron chi connectivity index (χ0n) is 47.6. The van der Waals surface area contributed by atoms with Crippen LogP contribution in [0.2, 0.25) is 0 Å². The van der Waals surface area contributed by atoms with Crippen molar-refractivity contribution in [3.05, 3.63) is 142 Å². The summed E-state index contributed by atoms with van der Waals surface area (Å²) in [5, 5.41) is 32.0. The average Bonchev–Trinajstić information content (AvgIpc) is 1.54. The van der Waals surface area contributed by atoms with Crippen molar-refractivity contribution < 1.29 is 56.6 Å². The number of sulfonamides is 1. The summed E-state index contributed by atoms with van der Waals surface area (Å²) in [7, 11) is -4.20. The first-order valence-electron chi connectivity index (χ1n) is 28.0. The summed E-state index contributed by atoms with van der Waals surface area (Å²) < 4.78 is 42.5. The number of anilines is 4. The lowest BCUT2D eigenvalue weighted by molar-refractivity contribution is -0.306. The minimum atomic E-state index is -4.20. The molecule has 8 N–H and O–H groups in total. The van der Waals surface area contributed by atoms with E-state index in [1.54, 1.807) is 50.5 Å². The quantitative estimate of drug-likeness (QED) is 0.0346. The number of hydrogen-bond donors (Lipinski definition) is 8. The number of pyridine rings is 2.